The molecule has 3 aromatic rings. The first-order chi connectivity index (χ1) is 16.9. The number of anilines is 2. The number of nitrogens with zero attached hydrogens (tertiary/aromatic N) is 3. The fraction of sp³-hybridized carbons (Fsp3) is 0.231. The molecule has 1 aliphatic heterocycles. The molecule has 0 saturated carbocycles. The van der Waals surface area contributed by atoms with Gasteiger partial charge in [0.15, 0.2) is 0 Å². The third-order valence-corrected chi connectivity index (χ3v) is 6.34. The summed E-state index contributed by atoms with van der Waals surface area (Å²) in [6.45, 7) is 4.70. The van der Waals surface area contributed by atoms with Crippen molar-refractivity contribution in [2.24, 2.45) is 0 Å². The summed E-state index contributed by atoms with van der Waals surface area (Å²) in [6, 6.07) is 18.8. The lowest BCUT2D eigenvalue weighted by molar-refractivity contribution is 0.0706. The quantitative estimate of drug-likeness (QED) is 0.391. The molecular weight excluding hydrogens is 471 g/mol. The lowest BCUT2D eigenvalue weighted by Crippen LogP contribution is -2.53. The van der Waals surface area contributed by atoms with Gasteiger partial charge >= 0.3 is 6.03 Å². The van der Waals surface area contributed by atoms with Gasteiger partial charge in [0.25, 0.3) is 5.91 Å². The van der Waals surface area contributed by atoms with Gasteiger partial charge < -0.3 is 9.80 Å². The Morgan fingerprint density at radius 2 is 1.66 bits per heavy atom. The van der Waals surface area contributed by atoms with E-state index in [-0.39, 0.29) is 23.2 Å². The van der Waals surface area contributed by atoms with Gasteiger partial charge in [0.2, 0.25) is 0 Å². The zero-order valence-electron chi connectivity index (χ0n) is 19.2. The minimum atomic E-state index is -0.624. The third-order valence-electron chi connectivity index (χ3n) is 6.05. The van der Waals surface area contributed by atoms with Crippen LogP contribution in [0.25, 0.3) is 0 Å². The van der Waals surface area contributed by atoms with Crippen molar-refractivity contribution in [2.45, 2.75) is 13.5 Å². The maximum atomic E-state index is 13.8. The van der Waals surface area contributed by atoms with E-state index in [0.717, 1.165) is 11.3 Å². The molecular formula is C26H26ClFN4O3. The van der Waals surface area contributed by atoms with E-state index in [2.05, 4.69) is 29.2 Å². The molecule has 1 fully saturated rings. The number of carbonyl (C=O) groups excluding carboxylic acids is 2. The Labute approximate surface area is 208 Å². The molecule has 0 atom stereocenters. The molecule has 4 rings (SSSR count). The fourth-order valence-electron chi connectivity index (χ4n) is 4.01. The largest absolute Gasteiger partial charge is 0.368 e. The summed E-state index contributed by atoms with van der Waals surface area (Å²) in [5, 5.41) is 8.75. The first kappa shape index (κ1) is 24.5. The monoisotopic (exact) mass is 496 g/mol. The second-order valence-electron chi connectivity index (χ2n) is 8.41. The third kappa shape index (κ3) is 5.72. The van der Waals surface area contributed by atoms with E-state index in [1.54, 1.807) is 39.5 Å². The lowest BCUT2D eigenvalue weighted by atomic mass is 10.1. The molecule has 0 bridgehead atoms. The van der Waals surface area contributed by atoms with Crippen molar-refractivity contribution in [1.29, 1.82) is 0 Å². The molecule has 1 saturated heterocycles. The summed E-state index contributed by atoms with van der Waals surface area (Å²) < 4.78 is 13.8. The number of amides is 3. The number of hydrogen-bond donors (Lipinski definition) is 2. The number of benzene rings is 3. The fourth-order valence-corrected chi connectivity index (χ4v) is 4.19. The van der Waals surface area contributed by atoms with Crippen LogP contribution < -0.4 is 15.3 Å². The predicted octanol–water partition coefficient (Wildman–Crippen LogP) is 4.86. The summed E-state index contributed by atoms with van der Waals surface area (Å²) in [5.41, 5.74) is 5.42. The molecule has 1 heterocycles. The predicted molar refractivity (Wildman–Crippen MR) is 134 cm³/mol. The van der Waals surface area contributed by atoms with Crippen LogP contribution >= 0.6 is 11.6 Å². The van der Waals surface area contributed by atoms with Crippen molar-refractivity contribution >= 4 is 34.9 Å². The highest BCUT2D eigenvalue weighted by atomic mass is 35.5. The van der Waals surface area contributed by atoms with Crippen molar-refractivity contribution in [1.82, 2.24) is 10.4 Å². The Balaban J connectivity index is 1.52. The number of aryl methyl sites for hydroxylation is 1. The molecule has 0 aliphatic carbocycles. The Hall–Kier alpha value is -3.62. The number of hydrogen-bond acceptors (Lipinski definition) is 4. The maximum Gasteiger partial charge on any atom is 0.324 e. The molecule has 3 aromatic carbocycles. The Morgan fingerprint density at radius 3 is 2.26 bits per heavy atom. The average Bonchev–Trinajstić information content (AvgIpc) is 2.89. The van der Waals surface area contributed by atoms with Crippen LogP contribution in [0.4, 0.5) is 20.6 Å². The van der Waals surface area contributed by atoms with Crippen molar-refractivity contribution in [3.8, 4) is 0 Å². The Kier molecular flexibility index (Phi) is 7.53. The molecule has 35 heavy (non-hydrogen) atoms. The molecule has 182 valence electrons. The van der Waals surface area contributed by atoms with E-state index in [0.29, 0.717) is 31.9 Å². The SMILES string of the molecule is Cc1ccc(N2CCN(C(=O)N(Cc3ccc(C(=O)NO)cc3)c3ccc(F)c(Cl)c3)CC2)cc1. The first-order valence-electron chi connectivity index (χ1n) is 11.2. The maximum absolute atomic E-state index is 13.8. The minimum absolute atomic E-state index is 0.0699. The first-order valence-corrected chi connectivity index (χ1v) is 11.6. The molecule has 1 aliphatic rings. The topological polar surface area (TPSA) is 76.1 Å². The zero-order valence-corrected chi connectivity index (χ0v) is 20.0. The van der Waals surface area contributed by atoms with Crippen LogP contribution in [0.3, 0.4) is 0 Å². The van der Waals surface area contributed by atoms with Crippen LogP contribution in [-0.4, -0.2) is 48.2 Å². The van der Waals surface area contributed by atoms with E-state index in [1.165, 1.54) is 23.8 Å². The minimum Gasteiger partial charge on any atom is -0.368 e. The number of carbonyl (C=O) groups is 2. The molecule has 0 spiro atoms. The molecule has 3 amide bonds. The van der Waals surface area contributed by atoms with Gasteiger partial charge in [-0.3, -0.25) is 14.9 Å². The Morgan fingerprint density at radius 1 is 1.00 bits per heavy atom. The van der Waals surface area contributed by atoms with Gasteiger partial charge in [-0.05, 0) is 55.0 Å². The number of hydroxylamine groups is 1. The summed E-state index contributed by atoms with van der Waals surface area (Å²) in [7, 11) is 0. The van der Waals surface area contributed by atoms with Gasteiger partial charge in [-0.1, -0.05) is 41.4 Å². The molecule has 2 N–H and O–H groups in total. The summed E-state index contributed by atoms with van der Waals surface area (Å²) >= 11 is 6.02. The van der Waals surface area contributed by atoms with E-state index in [9.17, 15) is 14.0 Å². The highest BCUT2D eigenvalue weighted by Gasteiger charge is 2.27. The zero-order chi connectivity index (χ0) is 24.9. The molecule has 0 unspecified atom stereocenters. The molecule has 7 nitrogen and oxygen atoms in total. The van der Waals surface area contributed by atoms with Crippen LogP contribution in [0.15, 0.2) is 66.7 Å². The van der Waals surface area contributed by atoms with Crippen LogP contribution in [0.2, 0.25) is 5.02 Å². The number of rotatable bonds is 5. The lowest BCUT2D eigenvalue weighted by Gasteiger charge is -2.38. The molecule has 0 aromatic heterocycles. The number of urea groups is 1. The smallest absolute Gasteiger partial charge is 0.324 e. The second-order valence-corrected chi connectivity index (χ2v) is 8.82. The van der Waals surface area contributed by atoms with E-state index >= 15 is 0 Å². The normalized spacial score (nSPS) is 13.5. The summed E-state index contributed by atoms with van der Waals surface area (Å²) in [5.74, 6) is -1.19. The van der Waals surface area contributed by atoms with Gasteiger partial charge in [0.05, 0.1) is 11.6 Å². The molecule has 0 radical (unpaired) electrons. The number of piperazine rings is 1. The van der Waals surface area contributed by atoms with Crippen molar-refractivity contribution in [3.05, 3.63) is 94.3 Å². The highest BCUT2D eigenvalue weighted by molar-refractivity contribution is 6.31. The van der Waals surface area contributed by atoms with Gasteiger partial charge in [0.1, 0.15) is 5.82 Å². The van der Waals surface area contributed by atoms with Crippen molar-refractivity contribution < 1.29 is 19.2 Å². The van der Waals surface area contributed by atoms with Crippen LogP contribution in [0.5, 0.6) is 0 Å². The highest BCUT2D eigenvalue weighted by Crippen LogP contribution is 2.26. The van der Waals surface area contributed by atoms with E-state index in [4.69, 9.17) is 16.8 Å². The van der Waals surface area contributed by atoms with Crippen molar-refractivity contribution in [3.63, 3.8) is 0 Å². The Bertz CT molecular complexity index is 1200. The van der Waals surface area contributed by atoms with Crippen molar-refractivity contribution in [2.75, 3.05) is 36.0 Å². The van der Waals surface area contributed by atoms with Crippen LogP contribution in [-0.2, 0) is 6.54 Å². The second kappa shape index (κ2) is 10.8. The van der Waals surface area contributed by atoms with Gasteiger partial charge in [-0.25, -0.2) is 14.7 Å². The van der Waals surface area contributed by atoms with Crippen LogP contribution in [0.1, 0.15) is 21.5 Å². The summed E-state index contributed by atoms with van der Waals surface area (Å²) in [4.78, 5) is 30.8. The van der Waals surface area contributed by atoms with Gasteiger partial charge in [-0.2, -0.15) is 0 Å². The standard InChI is InChI=1S/C26H26ClFN4O3/c1-18-2-8-21(9-3-18)30-12-14-31(15-13-30)26(34)32(22-10-11-24(28)23(27)16-22)17-19-4-6-20(7-5-19)25(33)29-35/h2-11,16,35H,12-15,17H2,1H3,(H,29,33). The number of halogens is 2. The van der Waals surface area contributed by atoms with Gasteiger partial charge in [-0.15, -0.1) is 0 Å². The number of nitrogens with one attached hydrogen (secondary N) is 1. The molecule has 9 heteroatoms. The van der Waals surface area contributed by atoms with Crippen LogP contribution in [0, 0.1) is 12.7 Å². The van der Waals surface area contributed by atoms with E-state index < -0.39 is 11.7 Å². The van der Waals surface area contributed by atoms with Gasteiger partial charge in [0, 0.05) is 43.1 Å². The van der Waals surface area contributed by atoms with E-state index in [1.807, 2.05) is 6.92 Å². The average molecular weight is 497 g/mol. The summed E-state index contributed by atoms with van der Waals surface area (Å²) in [6.07, 6.45) is 0.